The Balaban J connectivity index is 1.84. The van der Waals surface area contributed by atoms with Crippen LogP contribution in [0.1, 0.15) is 38.6 Å². The molecule has 0 aliphatic heterocycles. The number of carbonyl (C=O) groups excluding carboxylic acids is 1. The number of carbonyl (C=O) groups is 1. The number of rotatable bonds is 4. The predicted molar refractivity (Wildman–Crippen MR) is 78.4 cm³/mol. The minimum Gasteiger partial charge on any atom is -0.460 e. The van der Waals surface area contributed by atoms with E-state index in [1.165, 1.54) is 4.70 Å². The molecule has 0 aliphatic rings. The zero-order valence-corrected chi connectivity index (χ0v) is 12.4. The minimum absolute atomic E-state index is 0.131. The lowest BCUT2D eigenvalue weighted by Crippen LogP contribution is -2.23. The van der Waals surface area contributed by atoms with Crippen molar-refractivity contribution in [2.45, 2.75) is 45.6 Å². The number of hydrogen-bond acceptors (Lipinski definition) is 4. The van der Waals surface area contributed by atoms with Crippen molar-refractivity contribution < 1.29 is 9.53 Å². The maximum absolute atomic E-state index is 11.6. The van der Waals surface area contributed by atoms with Crippen LogP contribution in [0.3, 0.4) is 0 Å². The SMILES string of the molecule is CC(C)(C)OC(=O)CCCc1nc2ccccc2s1. The molecular formula is C15H19NO2S. The monoisotopic (exact) mass is 277 g/mol. The third kappa shape index (κ3) is 4.31. The van der Waals surface area contributed by atoms with Gasteiger partial charge in [0.25, 0.3) is 0 Å². The van der Waals surface area contributed by atoms with Gasteiger partial charge in [-0.05, 0) is 45.7 Å². The second-order valence-corrected chi connectivity index (χ2v) is 6.63. The fourth-order valence-electron chi connectivity index (χ4n) is 1.80. The van der Waals surface area contributed by atoms with Gasteiger partial charge in [-0.3, -0.25) is 4.79 Å². The zero-order chi connectivity index (χ0) is 13.9. The van der Waals surface area contributed by atoms with Gasteiger partial charge in [-0.25, -0.2) is 4.98 Å². The van der Waals surface area contributed by atoms with Crippen molar-refractivity contribution in [2.75, 3.05) is 0 Å². The highest BCUT2D eigenvalue weighted by molar-refractivity contribution is 7.18. The van der Waals surface area contributed by atoms with Gasteiger partial charge in [0, 0.05) is 6.42 Å². The van der Waals surface area contributed by atoms with Crippen molar-refractivity contribution in [1.82, 2.24) is 4.98 Å². The highest BCUT2D eigenvalue weighted by atomic mass is 32.1. The first-order valence-corrected chi connectivity index (χ1v) is 7.32. The van der Waals surface area contributed by atoms with Gasteiger partial charge in [-0.15, -0.1) is 11.3 Å². The molecule has 0 saturated heterocycles. The van der Waals surface area contributed by atoms with Gasteiger partial charge in [0.05, 0.1) is 15.2 Å². The van der Waals surface area contributed by atoms with E-state index in [0.717, 1.165) is 23.4 Å². The standard InChI is InChI=1S/C15H19NO2S/c1-15(2,3)18-14(17)10-6-9-13-16-11-7-4-5-8-12(11)19-13/h4-5,7-8H,6,9-10H2,1-3H3. The van der Waals surface area contributed by atoms with Crippen molar-refractivity contribution >= 4 is 27.5 Å². The van der Waals surface area contributed by atoms with E-state index >= 15 is 0 Å². The molecule has 0 N–H and O–H groups in total. The van der Waals surface area contributed by atoms with Crippen molar-refractivity contribution in [3.8, 4) is 0 Å². The number of thiazole rings is 1. The van der Waals surface area contributed by atoms with E-state index < -0.39 is 5.60 Å². The summed E-state index contributed by atoms with van der Waals surface area (Å²) in [6.45, 7) is 5.66. The molecule has 0 fully saturated rings. The van der Waals surface area contributed by atoms with Gasteiger partial charge in [0.2, 0.25) is 0 Å². The lowest BCUT2D eigenvalue weighted by molar-refractivity contribution is -0.154. The van der Waals surface area contributed by atoms with Crippen molar-refractivity contribution in [3.05, 3.63) is 29.3 Å². The first-order valence-electron chi connectivity index (χ1n) is 6.50. The highest BCUT2D eigenvalue weighted by Crippen LogP contribution is 2.22. The second kappa shape index (κ2) is 5.70. The summed E-state index contributed by atoms with van der Waals surface area (Å²) in [6, 6.07) is 8.10. The summed E-state index contributed by atoms with van der Waals surface area (Å²) < 4.78 is 6.48. The molecule has 0 saturated carbocycles. The molecule has 0 amide bonds. The van der Waals surface area contributed by atoms with Crippen LogP contribution in [0.25, 0.3) is 10.2 Å². The van der Waals surface area contributed by atoms with E-state index in [1.807, 2.05) is 39.0 Å². The molecule has 0 spiro atoms. The van der Waals surface area contributed by atoms with Crippen LogP contribution < -0.4 is 0 Å². The molecule has 2 rings (SSSR count). The number of fused-ring (bicyclic) bond motifs is 1. The van der Waals surface area contributed by atoms with Crippen molar-refractivity contribution in [2.24, 2.45) is 0 Å². The van der Waals surface area contributed by atoms with Crippen LogP contribution in [-0.2, 0) is 16.0 Å². The average Bonchev–Trinajstić information content (AvgIpc) is 2.68. The number of esters is 1. The lowest BCUT2D eigenvalue weighted by Gasteiger charge is -2.19. The molecule has 0 aliphatic carbocycles. The number of hydrogen-bond donors (Lipinski definition) is 0. The van der Waals surface area contributed by atoms with Gasteiger partial charge in [-0.1, -0.05) is 12.1 Å². The Kier molecular flexibility index (Phi) is 4.20. The molecule has 1 aromatic carbocycles. The number of nitrogens with zero attached hydrogens (tertiary/aromatic N) is 1. The first kappa shape index (κ1) is 14.0. The summed E-state index contributed by atoms with van der Waals surface area (Å²) in [5, 5.41) is 1.09. The molecule has 0 radical (unpaired) electrons. The Hall–Kier alpha value is -1.42. The topological polar surface area (TPSA) is 39.2 Å². The Morgan fingerprint density at radius 3 is 2.74 bits per heavy atom. The Morgan fingerprint density at radius 2 is 2.05 bits per heavy atom. The maximum Gasteiger partial charge on any atom is 0.306 e. The normalized spacial score (nSPS) is 11.7. The van der Waals surface area contributed by atoms with Crippen molar-refractivity contribution in [3.63, 3.8) is 0 Å². The third-order valence-corrected chi connectivity index (χ3v) is 3.63. The smallest absolute Gasteiger partial charge is 0.306 e. The van der Waals surface area contributed by atoms with E-state index in [0.29, 0.717) is 6.42 Å². The lowest BCUT2D eigenvalue weighted by atomic mass is 10.2. The predicted octanol–water partition coefficient (Wildman–Crippen LogP) is 3.96. The minimum atomic E-state index is -0.396. The molecule has 0 atom stereocenters. The Labute approximate surface area is 117 Å². The number of aromatic nitrogens is 1. The van der Waals surface area contributed by atoms with Gasteiger partial charge in [0.1, 0.15) is 5.60 Å². The summed E-state index contributed by atoms with van der Waals surface area (Å²) >= 11 is 1.70. The maximum atomic E-state index is 11.6. The summed E-state index contributed by atoms with van der Waals surface area (Å²) in [5.41, 5.74) is 0.646. The van der Waals surface area contributed by atoms with Crippen LogP contribution >= 0.6 is 11.3 Å². The quantitative estimate of drug-likeness (QED) is 0.794. The van der Waals surface area contributed by atoms with E-state index in [2.05, 4.69) is 11.1 Å². The summed E-state index contributed by atoms with van der Waals surface area (Å²) in [5.74, 6) is -0.131. The molecule has 2 aromatic rings. The zero-order valence-electron chi connectivity index (χ0n) is 11.6. The second-order valence-electron chi connectivity index (χ2n) is 5.52. The molecule has 3 nitrogen and oxygen atoms in total. The van der Waals surface area contributed by atoms with Crippen molar-refractivity contribution in [1.29, 1.82) is 0 Å². The number of ether oxygens (including phenoxy) is 1. The molecule has 4 heteroatoms. The van der Waals surface area contributed by atoms with Crippen LogP contribution in [0.2, 0.25) is 0 Å². The van der Waals surface area contributed by atoms with Crippen LogP contribution in [0.15, 0.2) is 24.3 Å². The first-order chi connectivity index (χ1) is 8.94. The van der Waals surface area contributed by atoms with Gasteiger partial charge >= 0.3 is 5.97 Å². The summed E-state index contributed by atoms with van der Waals surface area (Å²) in [6.07, 6.45) is 2.07. The fraction of sp³-hybridized carbons (Fsp3) is 0.467. The largest absolute Gasteiger partial charge is 0.460 e. The third-order valence-electron chi connectivity index (χ3n) is 2.53. The van der Waals surface area contributed by atoms with Crippen LogP contribution in [-0.4, -0.2) is 16.6 Å². The Bertz CT molecular complexity index is 536. The summed E-state index contributed by atoms with van der Waals surface area (Å²) in [7, 11) is 0. The molecule has 102 valence electrons. The van der Waals surface area contributed by atoms with Gasteiger partial charge in [0.15, 0.2) is 0 Å². The average molecular weight is 277 g/mol. The van der Waals surface area contributed by atoms with Gasteiger partial charge < -0.3 is 4.74 Å². The van der Waals surface area contributed by atoms with Gasteiger partial charge in [-0.2, -0.15) is 0 Å². The fourth-order valence-corrected chi connectivity index (χ4v) is 2.81. The van der Waals surface area contributed by atoms with E-state index in [-0.39, 0.29) is 5.97 Å². The number of aryl methyl sites for hydroxylation is 1. The van der Waals surface area contributed by atoms with E-state index in [4.69, 9.17) is 4.74 Å². The molecule has 1 heterocycles. The van der Waals surface area contributed by atoms with E-state index in [1.54, 1.807) is 11.3 Å². The number of benzene rings is 1. The van der Waals surface area contributed by atoms with Crippen LogP contribution in [0, 0.1) is 0 Å². The molecule has 0 bridgehead atoms. The molecular weight excluding hydrogens is 258 g/mol. The number of para-hydroxylation sites is 1. The van der Waals surface area contributed by atoms with Crippen LogP contribution in [0.5, 0.6) is 0 Å². The highest BCUT2D eigenvalue weighted by Gasteiger charge is 2.15. The van der Waals surface area contributed by atoms with Crippen LogP contribution in [0.4, 0.5) is 0 Å². The molecule has 19 heavy (non-hydrogen) atoms. The molecule has 0 unspecified atom stereocenters. The molecule has 1 aromatic heterocycles. The Morgan fingerprint density at radius 1 is 1.32 bits per heavy atom. The summed E-state index contributed by atoms with van der Waals surface area (Å²) in [4.78, 5) is 16.1. The van der Waals surface area contributed by atoms with E-state index in [9.17, 15) is 4.79 Å².